The fourth-order valence-corrected chi connectivity index (χ4v) is 2.39. The van der Waals surface area contributed by atoms with Crippen LogP contribution in [0.5, 0.6) is 0 Å². The molecule has 1 aromatic heterocycles. The summed E-state index contributed by atoms with van der Waals surface area (Å²) in [5.74, 6) is 0.742. The fraction of sp³-hybridized carbons (Fsp3) is 0.364. The smallest absolute Gasteiger partial charge is 0.170 e. The molecule has 0 atom stereocenters. The second-order valence-electron chi connectivity index (χ2n) is 4.14. The maximum absolute atomic E-state index is 6.21. The first-order valence-electron chi connectivity index (χ1n) is 5.54. The SMILES string of the molecule is CC(C)NCc1nnnn1-c1ccc(I)cc1Cl. The molecule has 2 aromatic rings. The Morgan fingerprint density at radius 3 is 2.89 bits per heavy atom. The number of hydrogen-bond donors (Lipinski definition) is 1. The van der Waals surface area contributed by atoms with E-state index in [0.29, 0.717) is 17.6 Å². The van der Waals surface area contributed by atoms with E-state index in [9.17, 15) is 0 Å². The topological polar surface area (TPSA) is 55.6 Å². The van der Waals surface area contributed by atoms with Crippen LogP contribution in [0, 0.1) is 3.57 Å². The zero-order valence-corrected chi connectivity index (χ0v) is 13.0. The van der Waals surface area contributed by atoms with Gasteiger partial charge in [-0.15, -0.1) is 5.10 Å². The summed E-state index contributed by atoms with van der Waals surface area (Å²) < 4.78 is 2.74. The Hall–Kier alpha value is -0.730. The quantitative estimate of drug-likeness (QED) is 0.832. The number of halogens is 2. The molecule has 1 N–H and O–H groups in total. The number of aromatic nitrogens is 4. The predicted molar refractivity (Wildman–Crippen MR) is 78.9 cm³/mol. The predicted octanol–water partition coefficient (Wildman–Crippen LogP) is 2.42. The van der Waals surface area contributed by atoms with Gasteiger partial charge >= 0.3 is 0 Å². The average molecular weight is 378 g/mol. The summed E-state index contributed by atoms with van der Waals surface area (Å²) in [5, 5.41) is 15.6. The van der Waals surface area contributed by atoms with Crippen molar-refractivity contribution in [3.05, 3.63) is 32.6 Å². The zero-order chi connectivity index (χ0) is 13.1. The molecule has 0 radical (unpaired) electrons. The van der Waals surface area contributed by atoms with Crippen molar-refractivity contribution in [1.82, 2.24) is 25.5 Å². The molecule has 0 amide bonds. The molecule has 0 aliphatic heterocycles. The van der Waals surface area contributed by atoms with E-state index < -0.39 is 0 Å². The summed E-state index contributed by atoms with van der Waals surface area (Å²) in [4.78, 5) is 0. The monoisotopic (exact) mass is 377 g/mol. The molecule has 5 nitrogen and oxygen atoms in total. The molecule has 0 saturated carbocycles. The van der Waals surface area contributed by atoms with Gasteiger partial charge in [0.2, 0.25) is 0 Å². The fourth-order valence-electron chi connectivity index (χ4n) is 1.45. The minimum Gasteiger partial charge on any atom is -0.308 e. The highest BCUT2D eigenvalue weighted by Crippen LogP contribution is 2.22. The van der Waals surface area contributed by atoms with E-state index in [-0.39, 0.29) is 0 Å². The molecule has 96 valence electrons. The Morgan fingerprint density at radius 1 is 1.44 bits per heavy atom. The lowest BCUT2D eigenvalue weighted by Gasteiger charge is -2.09. The van der Waals surface area contributed by atoms with Crippen molar-refractivity contribution >= 4 is 34.2 Å². The van der Waals surface area contributed by atoms with E-state index in [4.69, 9.17) is 11.6 Å². The normalized spacial score (nSPS) is 11.2. The van der Waals surface area contributed by atoms with Crippen LogP contribution in [0.3, 0.4) is 0 Å². The third-order valence-electron chi connectivity index (χ3n) is 2.34. The number of benzene rings is 1. The molecule has 0 aliphatic rings. The first kappa shape index (κ1) is 13.7. The molecule has 7 heteroatoms. The zero-order valence-electron chi connectivity index (χ0n) is 10.1. The minimum absolute atomic E-state index is 0.377. The van der Waals surface area contributed by atoms with Crippen molar-refractivity contribution < 1.29 is 0 Å². The molecule has 0 spiro atoms. The molecule has 1 heterocycles. The van der Waals surface area contributed by atoms with Crippen molar-refractivity contribution in [2.75, 3.05) is 0 Å². The average Bonchev–Trinajstić information content (AvgIpc) is 2.74. The van der Waals surface area contributed by atoms with Gasteiger partial charge in [0.05, 0.1) is 17.3 Å². The van der Waals surface area contributed by atoms with Gasteiger partial charge in [-0.3, -0.25) is 0 Å². The first-order valence-corrected chi connectivity index (χ1v) is 6.99. The first-order chi connectivity index (χ1) is 8.58. The third-order valence-corrected chi connectivity index (χ3v) is 3.31. The van der Waals surface area contributed by atoms with Crippen LogP contribution in [-0.4, -0.2) is 26.2 Å². The number of tetrazole rings is 1. The molecule has 2 rings (SSSR count). The van der Waals surface area contributed by atoms with E-state index in [2.05, 4.69) is 57.3 Å². The van der Waals surface area contributed by atoms with E-state index in [1.807, 2.05) is 18.2 Å². The largest absolute Gasteiger partial charge is 0.308 e. The summed E-state index contributed by atoms with van der Waals surface area (Å²) in [6.45, 7) is 4.75. The highest BCUT2D eigenvalue weighted by atomic mass is 127. The summed E-state index contributed by atoms with van der Waals surface area (Å²) in [6, 6.07) is 6.16. The molecule has 0 unspecified atom stereocenters. The summed E-state index contributed by atoms with van der Waals surface area (Å²) >= 11 is 8.43. The lowest BCUT2D eigenvalue weighted by Crippen LogP contribution is -2.24. The van der Waals surface area contributed by atoms with Crippen LogP contribution in [-0.2, 0) is 6.54 Å². The van der Waals surface area contributed by atoms with E-state index in [0.717, 1.165) is 15.1 Å². The van der Waals surface area contributed by atoms with Crippen LogP contribution in [0.4, 0.5) is 0 Å². The Morgan fingerprint density at radius 2 is 2.22 bits per heavy atom. The van der Waals surface area contributed by atoms with E-state index >= 15 is 0 Å². The van der Waals surface area contributed by atoms with Crippen LogP contribution in [0.15, 0.2) is 18.2 Å². The summed E-state index contributed by atoms with van der Waals surface area (Å²) in [7, 11) is 0. The Labute approximate surface area is 124 Å². The third kappa shape index (κ3) is 3.18. The molecular formula is C11H13ClIN5. The van der Waals surface area contributed by atoms with Gasteiger partial charge in [0, 0.05) is 9.61 Å². The van der Waals surface area contributed by atoms with Crippen LogP contribution >= 0.6 is 34.2 Å². The molecule has 0 fully saturated rings. The molecule has 1 aromatic carbocycles. The van der Waals surface area contributed by atoms with Gasteiger partial charge in [0.25, 0.3) is 0 Å². The number of nitrogens with one attached hydrogen (secondary N) is 1. The molecule has 0 bridgehead atoms. The second-order valence-corrected chi connectivity index (χ2v) is 5.79. The molecular weight excluding hydrogens is 365 g/mol. The summed E-state index contributed by atoms with van der Waals surface area (Å²) in [5.41, 5.74) is 0.794. The van der Waals surface area contributed by atoms with E-state index in [1.165, 1.54) is 0 Å². The van der Waals surface area contributed by atoms with Crippen LogP contribution in [0.1, 0.15) is 19.7 Å². The van der Waals surface area contributed by atoms with Crippen LogP contribution in [0.25, 0.3) is 5.69 Å². The van der Waals surface area contributed by atoms with Crippen LogP contribution < -0.4 is 5.32 Å². The highest BCUT2D eigenvalue weighted by Gasteiger charge is 2.11. The standard InChI is InChI=1S/C11H13ClIN5/c1-7(2)14-6-11-15-16-17-18(11)10-4-3-8(13)5-9(10)12/h3-5,7,14H,6H2,1-2H3. The number of hydrogen-bond acceptors (Lipinski definition) is 4. The van der Waals surface area contributed by atoms with Crippen molar-refractivity contribution in [2.45, 2.75) is 26.4 Å². The Kier molecular flexibility index (Phi) is 4.52. The van der Waals surface area contributed by atoms with Crippen molar-refractivity contribution in [3.63, 3.8) is 0 Å². The Balaban J connectivity index is 2.30. The van der Waals surface area contributed by atoms with Gasteiger partial charge in [-0.05, 0) is 51.2 Å². The lowest BCUT2D eigenvalue weighted by atomic mass is 10.3. The van der Waals surface area contributed by atoms with Gasteiger partial charge in [-0.2, -0.15) is 4.68 Å². The molecule has 18 heavy (non-hydrogen) atoms. The van der Waals surface area contributed by atoms with Gasteiger partial charge in [-0.1, -0.05) is 25.4 Å². The minimum atomic E-state index is 0.377. The maximum atomic E-state index is 6.21. The number of nitrogens with zero attached hydrogens (tertiary/aromatic N) is 4. The van der Waals surface area contributed by atoms with Crippen molar-refractivity contribution in [3.8, 4) is 5.69 Å². The van der Waals surface area contributed by atoms with Gasteiger partial charge in [0.1, 0.15) is 0 Å². The van der Waals surface area contributed by atoms with Crippen molar-refractivity contribution in [2.24, 2.45) is 0 Å². The summed E-state index contributed by atoms with van der Waals surface area (Å²) in [6.07, 6.45) is 0. The Bertz CT molecular complexity index is 540. The molecule has 0 saturated heterocycles. The number of rotatable bonds is 4. The molecule has 0 aliphatic carbocycles. The van der Waals surface area contributed by atoms with Gasteiger partial charge in [0.15, 0.2) is 5.82 Å². The van der Waals surface area contributed by atoms with Gasteiger partial charge < -0.3 is 5.32 Å². The van der Waals surface area contributed by atoms with Crippen LogP contribution in [0.2, 0.25) is 5.02 Å². The van der Waals surface area contributed by atoms with Crippen molar-refractivity contribution in [1.29, 1.82) is 0 Å². The lowest BCUT2D eigenvalue weighted by molar-refractivity contribution is 0.563. The van der Waals surface area contributed by atoms with Gasteiger partial charge in [-0.25, -0.2) is 0 Å². The second kappa shape index (κ2) is 5.94. The highest BCUT2D eigenvalue weighted by molar-refractivity contribution is 14.1. The maximum Gasteiger partial charge on any atom is 0.170 e. The van der Waals surface area contributed by atoms with E-state index in [1.54, 1.807) is 4.68 Å².